The number of imidazole rings is 1. The lowest BCUT2D eigenvalue weighted by molar-refractivity contribution is 0.406. The van der Waals surface area contributed by atoms with E-state index in [1.165, 1.54) is 0 Å². The van der Waals surface area contributed by atoms with Crippen LogP contribution in [0.15, 0.2) is 18.7 Å². The first kappa shape index (κ1) is 7.66. The molecule has 0 aliphatic heterocycles. The third-order valence-corrected chi connectivity index (χ3v) is 2.36. The number of aromatic nitrogens is 2. The van der Waals surface area contributed by atoms with Gasteiger partial charge in [-0.25, -0.2) is 4.98 Å². The third kappa shape index (κ3) is 1.34. The molecule has 0 saturated carbocycles. The Morgan fingerprint density at radius 1 is 1.60 bits per heavy atom. The number of thiol groups is 1. The van der Waals surface area contributed by atoms with E-state index in [9.17, 15) is 0 Å². The lowest BCUT2D eigenvalue weighted by Gasteiger charge is -2.23. The van der Waals surface area contributed by atoms with Crippen molar-refractivity contribution in [1.29, 1.82) is 0 Å². The van der Waals surface area contributed by atoms with Crippen molar-refractivity contribution in [3.05, 3.63) is 18.7 Å². The summed E-state index contributed by atoms with van der Waals surface area (Å²) in [6.45, 7) is 4.25. The van der Waals surface area contributed by atoms with Gasteiger partial charge in [0, 0.05) is 23.7 Å². The van der Waals surface area contributed by atoms with E-state index < -0.39 is 0 Å². The van der Waals surface area contributed by atoms with E-state index in [1.807, 2.05) is 12.5 Å². The van der Waals surface area contributed by atoms with Crippen molar-refractivity contribution in [2.75, 3.05) is 5.75 Å². The Hall–Kier alpha value is -0.440. The number of hydrogen-bond donors (Lipinski definition) is 1. The SMILES string of the molecule is CC(C)(CS)n1ccnc1. The summed E-state index contributed by atoms with van der Waals surface area (Å²) < 4.78 is 2.06. The molecule has 1 rings (SSSR count). The molecule has 0 radical (unpaired) electrons. The van der Waals surface area contributed by atoms with Gasteiger partial charge in [-0.2, -0.15) is 12.6 Å². The van der Waals surface area contributed by atoms with E-state index in [0.29, 0.717) is 0 Å². The molecule has 0 aliphatic carbocycles. The molecule has 1 aromatic heterocycles. The Kier molecular flexibility index (Phi) is 2.04. The minimum absolute atomic E-state index is 0.0829. The zero-order valence-electron chi connectivity index (χ0n) is 6.28. The molecule has 0 saturated heterocycles. The molecular formula is C7H12N2S. The summed E-state index contributed by atoms with van der Waals surface area (Å²) in [5.74, 6) is 0.823. The number of rotatable bonds is 2. The maximum absolute atomic E-state index is 4.24. The Bertz CT molecular complexity index is 191. The second-order valence-corrected chi connectivity index (χ2v) is 3.26. The third-order valence-electron chi connectivity index (χ3n) is 1.59. The average molecular weight is 156 g/mol. The monoisotopic (exact) mass is 156 g/mol. The number of hydrogen-bond acceptors (Lipinski definition) is 2. The Labute approximate surface area is 66.7 Å². The van der Waals surface area contributed by atoms with E-state index in [-0.39, 0.29) is 5.54 Å². The molecule has 0 fully saturated rings. The molecule has 2 nitrogen and oxygen atoms in total. The molecule has 0 aromatic carbocycles. The van der Waals surface area contributed by atoms with Crippen molar-refractivity contribution in [3.63, 3.8) is 0 Å². The molecule has 0 aliphatic rings. The van der Waals surface area contributed by atoms with Crippen LogP contribution in [0.4, 0.5) is 0 Å². The lowest BCUT2D eigenvalue weighted by Crippen LogP contribution is -2.26. The van der Waals surface area contributed by atoms with Crippen LogP contribution in [0.25, 0.3) is 0 Å². The van der Waals surface area contributed by atoms with E-state index in [0.717, 1.165) is 5.75 Å². The summed E-state index contributed by atoms with van der Waals surface area (Å²) in [6.07, 6.45) is 5.55. The van der Waals surface area contributed by atoms with Gasteiger partial charge in [-0.15, -0.1) is 0 Å². The molecule has 0 spiro atoms. The van der Waals surface area contributed by atoms with Crippen molar-refractivity contribution in [2.45, 2.75) is 19.4 Å². The van der Waals surface area contributed by atoms with Gasteiger partial charge in [0.2, 0.25) is 0 Å². The highest BCUT2D eigenvalue weighted by Gasteiger charge is 2.15. The maximum Gasteiger partial charge on any atom is 0.0951 e. The fourth-order valence-corrected chi connectivity index (χ4v) is 0.862. The van der Waals surface area contributed by atoms with Crippen LogP contribution in [0, 0.1) is 0 Å². The first-order chi connectivity index (χ1) is 4.67. The minimum Gasteiger partial charge on any atom is -0.331 e. The van der Waals surface area contributed by atoms with Crippen LogP contribution in [0.1, 0.15) is 13.8 Å². The summed E-state index contributed by atoms with van der Waals surface area (Å²) >= 11 is 4.24. The molecule has 3 heteroatoms. The van der Waals surface area contributed by atoms with Gasteiger partial charge in [-0.3, -0.25) is 0 Å². The molecule has 0 unspecified atom stereocenters. The van der Waals surface area contributed by atoms with Gasteiger partial charge in [-0.1, -0.05) is 0 Å². The molecule has 0 N–H and O–H groups in total. The van der Waals surface area contributed by atoms with Gasteiger partial charge in [0.1, 0.15) is 0 Å². The quantitative estimate of drug-likeness (QED) is 0.643. The van der Waals surface area contributed by atoms with Crippen molar-refractivity contribution < 1.29 is 0 Å². The van der Waals surface area contributed by atoms with Crippen LogP contribution < -0.4 is 0 Å². The van der Waals surface area contributed by atoms with Gasteiger partial charge in [-0.05, 0) is 13.8 Å². The van der Waals surface area contributed by atoms with Gasteiger partial charge in [0.25, 0.3) is 0 Å². The molecule has 0 bridgehead atoms. The van der Waals surface area contributed by atoms with Crippen LogP contribution in [0.2, 0.25) is 0 Å². The second-order valence-electron chi connectivity index (χ2n) is 2.94. The molecule has 56 valence electrons. The van der Waals surface area contributed by atoms with Crippen molar-refractivity contribution in [3.8, 4) is 0 Å². The molecule has 0 amide bonds. The van der Waals surface area contributed by atoms with Crippen molar-refractivity contribution in [1.82, 2.24) is 9.55 Å². The first-order valence-electron chi connectivity index (χ1n) is 3.26. The lowest BCUT2D eigenvalue weighted by atomic mass is 10.1. The van der Waals surface area contributed by atoms with Crippen LogP contribution in [0.3, 0.4) is 0 Å². The largest absolute Gasteiger partial charge is 0.331 e. The summed E-state index contributed by atoms with van der Waals surface area (Å²) in [7, 11) is 0. The zero-order valence-corrected chi connectivity index (χ0v) is 7.18. The highest BCUT2D eigenvalue weighted by Crippen LogP contribution is 2.14. The fourth-order valence-electron chi connectivity index (χ4n) is 0.699. The van der Waals surface area contributed by atoms with Gasteiger partial charge in [0.15, 0.2) is 0 Å². The predicted molar refractivity (Wildman–Crippen MR) is 45.4 cm³/mol. The van der Waals surface area contributed by atoms with Gasteiger partial charge < -0.3 is 4.57 Å². The normalized spacial score (nSPS) is 11.9. The summed E-state index contributed by atoms with van der Waals surface area (Å²) in [5.41, 5.74) is 0.0829. The van der Waals surface area contributed by atoms with E-state index in [4.69, 9.17) is 0 Å². The topological polar surface area (TPSA) is 17.8 Å². The summed E-state index contributed by atoms with van der Waals surface area (Å²) in [5, 5.41) is 0. The summed E-state index contributed by atoms with van der Waals surface area (Å²) in [4.78, 5) is 3.97. The minimum atomic E-state index is 0.0829. The van der Waals surface area contributed by atoms with Crippen molar-refractivity contribution in [2.24, 2.45) is 0 Å². The Morgan fingerprint density at radius 3 is 2.70 bits per heavy atom. The Balaban J connectivity index is 2.85. The molecule has 1 aromatic rings. The summed E-state index contributed by atoms with van der Waals surface area (Å²) in [6, 6.07) is 0. The fraction of sp³-hybridized carbons (Fsp3) is 0.571. The zero-order chi connectivity index (χ0) is 7.61. The average Bonchev–Trinajstić information content (AvgIpc) is 2.38. The maximum atomic E-state index is 4.24. The molecular weight excluding hydrogens is 144 g/mol. The molecule has 1 heterocycles. The van der Waals surface area contributed by atoms with Crippen LogP contribution in [0.5, 0.6) is 0 Å². The smallest absolute Gasteiger partial charge is 0.0951 e. The van der Waals surface area contributed by atoms with E-state index in [2.05, 4.69) is 36.0 Å². The highest BCUT2D eigenvalue weighted by molar-refractivity contribution is 7.80. The predicted octanol–water partition coefficient (Wildman–Crippen LogP) is 1.55. The molecule has 0 atom stereocenters. The standard InChI is InChI=1S/C7H12N2S/c1-7(2,5-10)9-4-3-8-6-9/h3-4,6,10H,5H2,1-2H3. The van der Waals surface area contributed by atoms with Crippen LogP contribution >= 0.6 is 12.6 Å². The van der Waals surface area contributed by atoms with E-state index >= 15 is 0 Å². The highest BCUT2D eigenvalue weighted by atomic mass is 32.1. The van der Waals surface area contributed by atoms with Crippen LogP contribution in [-0.2, 0) is 5.54 Å². The Morgan fingerprint density at radius 2 is 2.30 bits per heavy atom. The van der Waals surface area contributed by atoms with Gasteiger partial charge >= 0.3 is 0 Å². The first-order valence-corrected chi connectivity index (χ1v) is 3.89. The van der Waals surface area contributed by atoms with Crippen LogP contribution in [-0.4, -0.2) is 15.3 Å². The van der Waals surface area contributed by atoms with Gasteiger partial charge in [0.05, 0.1) is 6.33 Å². The molecule has 10 heavy (non-hydrogen) atoms. The second kappa shape index (κ2) is 2.66. The number of nitrogens with zero attached hydrogens (tertiary/aromatic N) is 2. The van der Waals surface area contributed by atoms with E-state index in [1.54, 1.807) is 6.20 Å². The van der Waals surface area contributed by atoms with Crippen molar-refractivity contribution >= 4 is 12.6 Å².